The zero-order valence-electron chi connectivity index (χ0n) is 18.8. The van der Waals surface area contributed by atoms with E-state index in [1.165, 1.54) is 6.08 Å². The van der Waals surface area contributed by atoms with Crippen LogP contribution in [0.3, 0.4) is 0 Å². The second kappa shape index (κ2) is 8.67. The third-order valence-corrected chi connectivity index (χ3v) is 7.03. The molecule has 0 fully saturated rings. The van der Waals surface area contributed by atoms with Gasteiger partial charge in [0.25, 0.3) is 10.0 Å². The Morgan fingerprint density at radius 2 is 1.48 bits per heavy atom. The number of aryl methyl sites for hydroxylation is 3. The molecule has 0 heterocycles. The average Bonchev–Trinajstić information content (AvgIpc) is 2.76. The minimum Gasteiger partial charge on any atom is -0.495 e. The number of methoxy groups -OCH3 is 1. The number of nitrogens with zero attached hydrogens (tertiary/aromatic N) is 1. The van der Waals surface area contributed by atoms with E-state index in [9.17, 15) is 13.2 Å². The van der Waals surface area contributed by atoms with Crippen LogP contribution in [-0.4, -0.2) is 27.0 Å². The van der Waals surface area contributed by atoms with Gasteiger partial charge in [-0.25, -0.2) is 0 Å². The number of ketones is 1. The molecule has 3 aromatic carbocycles. The van der Waals surface area contributed by atoms with E-state index in [0.29, 0.717) is 33.7 Å². The van der Waals surface area contributed by atoms with Gasteiger partial charge in [-0.3, -0.25) is 4.79 Å². The van der Waals surface area contributed by atoms with Gasteiger partial charge in [0.15, 0.2) is 0 Å². The van der Waals surface area contributed by atoms with E-state index in [1.54, 1.807) is 57.4 Å². The summed E-state index contributed by atoms with van der Waals surface area (Å²) in [5.41, 5.74) is 4.09. The predicted octanol–water partition coefficient (Wildman–Crippen LogP) is 4.99. The molecule has 0 bridgehead atoms. The summed E-state index contributed by atoms with van der Waals surface area (Å²) < 4.78 is 36.3. The van der Waals surface area contributed by atoms with Crippen molar-refractivity contribution in [1.29, 1.82) is 0 Å². The molecular formula is C26H24N2O4S. The third-order valence-electron chi connectivity index (χ3n) is 5.43. The molecule has 1 aliphatic rings. The number of sulfonamides is 1. The summed E-state index contributed by atoms with van der Waals surface area (Å²) in [6.45, 7) is 5.44. The van der Waals surface area contributed by atoms with E-state index in [2.05, 4.69) is 9.71 Å². The van der Waals surface area contributed by atoms with E-state index in [0.717, 1.165) is 5.56 Å². The minimum atomic E-state index is -4.03. The van der Waals surface area contributed by atoms with Crippen LogP contribution in [0.2, 0.25) is 0 Å². The number of benzene rings is 3. The molecule has 168 valence electrons. The first kappa shape index (κ1) is 22.5. The van der Waals surface area contributed by atoms with Gasteiger partial charge in [0, 0.05) is 11.1 Å². The molecule has 0 amide bonds. The summed E-state index contributed by atoms with van der Waals surface area (Å²) in [6, 6.07) is 17.7. The lowest BCUT2D eigenvalue weighted by Crippen LogP contribution is -2.23. The van der Waals surface area contributed by atoms with Crippen LogP contribution in [-0.2, 0) is 10.0 Å². The first-order valence-corrected chi connectivity index (χ1v) is 11.8. The van der Waals surface area contributed by atoms with Gasteiger partial charge >= 0.3 is 0 Å². The highest BCUT2D eigenvalue weighted by Gasteiger charge is 2.27. The van der Waals surface area contributed by atoms with Crippen molar-refractivity contribution in [2.45, 2.75) is 25.7 Å². The molecule has 33 heavy (non-hydrogen) atoms. The maximum absolute atomic E-state index is 13.4. The number of hydrogen-bond donors (Lipinski definition) is 1. The zero-order chi connectivity index (χ0) is 23.8. The fourth-order valence-electron chi connectivity index (χ4n) is 4.14. The number of anilines is 1. The molecule has 7 heteroatoms. The van der Waals surface area contributed by atoms with E-state index < -0.39 is 10.0 Å². The lowest BCUT2D eigenvalue weighted by atomic mass is 9.92. The molecule has 0 saturated carbocycles. The van der Waals surface area contributed by atoms with Crippen molar-refractivity contribution in [3.8, 4) is 5.75 Å². The molecule has 0 atom stereocenters. The van der Waals surface area contributed by atoms with E-state index in [1.807, 2.05) is 31.2 Å². The first-order chi connectivity index (χ1) is 15.7. The largest absolute Gasteiger partial charge is 0.495 e. The maximum atomic E-state index is 13.4. The van der Waals surface area contributed by atoms with Gasteiger partial charge < -0.3 is 10.1 Å². The number of carbonyl (C=O) groups excluding carboxylic acids is 1. The van der Waals surface area contributed by atoms with Gasteiger partial charge in [-0.15, -0.1) is 0 Å². The van der Waals surface area contributed by atoms with Crippen LogP contribution in [0, 0.1) is 20.8 Å². The van der Waals surface area contributed by atoms with Gasteiger partial charge in [0.1, 0.15) is 5.75 Å². The number of allylic oxidation sites excluding steroid dienone is 2. The summed E-state index contributed by atoms with van der Waals surface area (Å²) >= 11 is 0. The Kier molecular flexibility index (Phi) is 5.91. The summed E-state index contributed by atoms with van der Waals surface area (Å²) in [7, 11) is -2.49. The Morgan fingerprint density at radius 3 is 2.15 bits per heavy atom. The van der Waals surface area contributed by atoms with Gasteiger partial charge in [-0.05, 0) is 50.1 Å². The fourth-order valence-corrected chi connectivity index (χ4v) is 5.57. The van der Waals surface area contributed by atoms with Crippen LogP contribution in [0.15, 0.2) is 81.7 Å². The average molecular weight is 461 g/mol. The lowest BCUT2D eigenvalue weighted by molar-refractivity contribution is 0.103. The second-order valence-electron chi connectivity index (χ2n) is 7.94. The first-order valence-electron chi connectivity index (χ1n) is 10.4. The summed E-state index contributed by atoms with van der Waals surface area (Å²) in [5, 5.41) is 3.09. The zero-order valence-corrected chi connectivity index (χ0v) is 19.7. The van der Waals surface area contributed by atoms with Gasteiger partial charge in [0.05, 0.1) is 29.1 Å². The van der Waals surface area contributed by atoms with Crippen LogP contribution in [0.5, 0.6) is 5.75 Å². The number of Topliss-reactive ketones (excluding diaryl/α,β-unsaturated/α-hetero) is 1. The number of para-hydroxylation sites is 2. The molecule has 0 aliphatic heterocycles. The van der Waals surface area contributed by atoms with Crippen LogP contribution in [0.4, 0.5) is 5.69 Å². The van der Waals surface area contributed by atoms with Crippen molar-refractivity contribution in [2.24, 2.45) is 4.40 Å². The molecule has 0 spiro atoms. The number of carbonyl (C=O) groups is 1. The molecule has 0 aromatic heterocycles. The molecule has 4 rings (SSSR count). The third kappa shape index (κ3) is 4.32. The number of hydrogen-bond acceptors (Lipinski definition) is 5. The quantitative estimate of drug-likeness (QED) is 0.580. The highest BCUT2D eigenvalue weighted by atomic mass is 32.2. The maximum Gasteiger partial charge on any atom is 0.283 e. The van der Waals surface area contributed by atoms with Crippen molar-refractivity contribution in [1.82, 2.24) is 0 Å². The molecular weight excluding hydrogens is 436 g/mol. The van der Waals surface area contributed by atoms with Gasteiger partial charge in [0.2, 0.25) is 5.78 Å². The van der Waals surface area contributed by atoms with Crippen molar-refractivity contribution >= 4 is 27.2 Å². The number of nitrogens with one attached hydrogen (secondary N) is 1. The molecule has 1 N–H and O–H groups in total. The van der Waals surface area contributed by atoms with Crippen molar-refractivity contribution in [2.75, 3.05) is 12.4 Å². The smallest absolute Gasteiger partial charge is 0.283 e. The monoisotopic (exact) mass is 460 g/mol. The molecule has 6 nitrogen and oxygen atoms in total. The summed E-state index contributed by atoms with van der Waals surface area (Å²) in [6.07, 6.45) is 1.48. The standard InChI is InChI=1S/C26H24N2O4S/c1-16-13-17(2)26(18(3)14-16)33(30,31)28-22-15-23(25(29)20-10-6-5-9-19(20)22)27-21-11-7-8-12-24(21)32-4/h5-15,27H,1-4H3/b28-22-. The van der Waals surface area contributed by atoms with Gasteiger partial charge in [-0.2, -0.15) is 12.8 Å². The second-order valence-corrected chi connectivity index (χ2v) is 9.48. The van der Waals surface area contributed by atoms with Crippen molar-refractivity contribution in [3.63, 3.8) is 0 Å². The Bertz CT molecular complexity index is 1410. The van der Waals surface area contributed by atoms with E-state index in [4.69, 9.17) is 4.74 Å². The SMILES string of the molecule is COc1ccccc1NC1=C/C(=N/S(=O)(=O)c2c(C)cc(C)cc2C)c2ccccc2C1=O. The van der Waals surface area contributed by atoms with Crippen LogP contribution in [0.25, 0.3) is 0 Å². The lowest BCUT2D eigenvalue weighted by Gasteiger charge is -2.20. The number of fused-ring (bicyclic) bond motifs is 1. The van der Waals surface area contributed by atoms with Crippen molar-refractivity contribution in [3.05, 3.63) is 100 Å². The van der Waals surface area contributed by atoms with Crippen LogP contribution in [0.1, 0.15) is 32.6 Å². The van der Waals surface area contributed by atoms with Crippen LogP contribution < -0.4 is 10.1 Å². The highest BCUT2D eigenvalue weighted by molar-refractivity contribution is 7.90. The fraction of sp³-hybridized carbons (Fsp3) is 0.154. The normalized spacial score (nSPS) is 14.6. The van der Waals surface area contributed by atoms with Gasteiger partial charge in [-0.1, -0.05) is 54.1 Å². The Hall–Kier alpha value is -3.71. The van der Waals surface area contributed by atoms with E-state index in [-0.39, 0.29) is 22.1 Å². The molecule has 0 radical (unpaired) electrons. The molecule has 1 aliphatic carbocycles. The van der Waals surface area contributed by atoms with Crippen LogP contribution >= 0.6 is 0 Å². The highest BCUT2D eigenvalue weighted by Crippen LogP contribution is 2.30. The Labute approximate surface area is 193 Å². The topological polar surface area (TPSA) is 84.8 Å². The Balaban J connectivity index is 1.87. The molecule has 3 aromatic rings. The Morgan fingerprint density at radius 1 is 0.879 bits per heavy atom. The molecule has 0 saturated heterocycles. The number of rotatable bonds is 5. The molecule has 0 unspecified atom stereocenters. The minimum absolute atomic E-state index is 0.183. The summed E-state index contributed by atoms with van der Waals surface area (Å²) in [5.74, 6) is 0.303. The summed E-state index contributed by atoms with van der Waals surface area (Å²) in [4.78, 5) is 13.4. The van der Waals surface area contributed by atoms with Crippen molar-refractivity contribution < 1.29 is 17.9 Å². The number of ether oxygens (including phenoxy) is 1. The predicted molar refractivity (Wildman–Crippen MR) is 130 cm³/mol. The van der Waals surface area contributed by atoms with E-state index >= 15 is 0 Å².